The number of benzene rings is 1. The number of alkyl halides is 3. The zero-order valence-corrected chi connectivity index (χ0v) is 14.5. The van der Waals surface area contributed by atoms with Gasteiger partial charge in [0, 0.05) is 25.8 Å². The highest BCUT2D eigenvalue weighted by molar-refractivity contribution is 5.94. The second-order valence-electron chi connectivity index (χ2n) is 6.16. The molecule has 2 heterocycles. The normalized spacial score (nSPS) is 17.6. The third kappa shape index (κ3) is 4.13. The summed E-state index contributed by atoms with van der Waals surface area (Å²) >= 11 is 0. The van der Waals surface area contributed by atoms with Gasteiger partial charge >= 0.3 is 6.18 Å². The average molecular weight is 381 g/mol. The highest BCUT2D eigenvalue weighted by atomic mass is 19.4. The number of aromatic nitrogens is 1. The molecule has 1 fully saturated rings. The van der Waals surface area contributed by atoms with Gasteiger partial charge in [0.25, 0.3) is 11.5 Å². The summed E-state index contributed by atoms with van der Waals surface area (Å²) in [5, 5.41) is 3.26. The third-order valence-electron chi connectivity index (χ3n) is 4.42. The van der Waals surface area contributed by atoms with Gasteiger partial charge in [0.1, 0.15) is 11.3 Å². The van der Waals surface area contributed by atoms with E-state index in [1.54, 1.807) is 13.2 Å². The lowest BCUT2D eigenvalue weighted by atomic mass is 10.0. The molecule has 0 saturated carbocycles. The summed E-state index contributed by atoms with van der Waals surface area (Å²) in [6.45, 7) is 0.959. The standard InChI is InChI=1S/C18H18F3N3O3/c1-27-13-4-2-3-11(7-13)15-10-24(6-5-22-15)17(26)14-8-12(18(19,20)21)9-23-16(14)25/h2-4,7-9,15,22H,5-6,10H2,1H3,(H,23,25). The lowest BCUT2D eigenvalue weighted by molar-refractivity contribution is -0.137. The first-order chi connectivity index (χ1) is 12.8. The van der Waals surface area contributed by atoms with E-state index in [0.717, 1.165) is 5.56 Å². The molecule has 9 heteroatoms. The van der Waals surface area contributed by atoms with E-state index in [1.165, 1.54) is 4.90 Å². The van der Waals surface area contributed by atoms with E-state index >= 15 is 0 Å². The molecule has 27 heavy (non-hydrogen) atoms. The SMILES string of the molecule is COc1cccc(C2CN(C(=O)c3cc(C(F)(F)F)c[nH]c3=O)CCN2)c1. The molecule has 1 aromatic heterocycles. The van der Waals surface area contributed by atoms with Crippen molar-refractivity contribution in [2.75, 3.05) is 26.7 Å². The lowest BCUT2D eigenvalue weighted by Gasteiger charge is -2.34. The van der Waals surface area contributed by atoms with E-state index in [-0.39, 0.29) is 19.1 Å². The number of nitrogens with zero attached hydrogens (tertiary/aromatic N) is 1. The van der Waals surface area contributed by atoms with Crippen molar-refractivity contribution in [1.82, 2.24) is 15.2 Å². The van der Waals surface area contributed by atoms with Gasteiger partial charge in [0.05, 0.1) is 18.7 Å². The van der Waals surface area contributed by atoms with Crippen LogP contribution in [-0.2, 0) is 6.18 Å². The lowest BCUT2D eigenvalue weighted by Crippen LogP contribution is -2.49. The predicted octanol–water partition coefficient (Wildman–Crippen LogP) is 2.19. The molecule has 0 aliphatic carbocycles. The number of aromatic amines is 1. The second-order valence-corrected chi connectivity index (χ2v) is 6.16. The van der Waals surface area contributed by atoms with Crippen molar-refractivity contribution < 1.29 is 22.7 Å². The van der Waals surface area contributed by atoms with Crippen LogP contribution in [0.25, 0.3) is 0 Å². The number of piperazine rings is 1. The van der Waals surface area contributed by atoms with Gasteiger partial charge < -0.3 is 19.9 Å². The number of carbonyl (C=O) groups is 1. The van der Waals surface area contributed by atoms with Gasteiger partial charge in [-0.1, -0.05) is 12.1 Å². The van der Waals surface area contributed by atoms with Gasteiger partial charge in [0.2, 0.25) is 0 Å². The Morgan fingerprint density at radius 1 is 1.30 bits per heavy atom. The molecular formula is C18H18F3N3O3. The van der Waals surface area contributed by atoms with Crippen LogP contribution >= 0.6 is 0 Å². The molecule has 3 rings (SSSR count). The van der Waals surface area contributed by atoms with E-state index in [9.17, 15) is 22.8 Å². The Kier molecular flexibility index (Phi) is 5.22. The maximum Gasteiger partial charge on any atom is 0.417 e. The molecule has 2 N–H and O–H groups in total. The number of pyridine rings is 1. The molecule has 144 valence electrons. The van der Waals surface area contributed by atoms with Crippen LogP contribution in [0.15, 0.2) is 41.3 Å². The number of carbonyl (C=O) groups excluding carboxylic acids is 1. The van der Waals surface area contributed by atoms with Gasteiger partial charge in [-0.15, -0.1) is 0 Å². The summed E-state index contributed by atoms with van der Waals surface area (Å²) in [7, 11) is 1.54. The molecule has 1 aliphatic heterocycles. The number of ether oxygens (including phenoxy) is 1. The number of amides is 1. The first-order valence-electron chi connectivity index (χ1n) is 8.26. The fourth-order valence-electron chi connectivity index (χ4n) is 2.99. The van der Waals surface area contributed by atoms with Gasteiger partial charge in [-0.05, 0) is 23.8 Å². The summed E-state index contributed by atoms with van der Waals surface area (Å²) < 4.78 is 43.9. The molecule has 2 aromatic rings. The summed E-state index contributed by atoms with van der Waals surface area (Å²) in [5.41, 5.74) is -1.55. The molecule has 0 spiro atoms. The third-order valence-corrected chi connectivity index (χ3v) is 4.42. The molecule has 1 saturated heterocycles. The number of rotatable bonds is 3. The molecule has 1 amide bonds. The molecule has 1 unspecified atom stereocenters. The van der Waals surface area contributed by atoms with Gasteiger partial charge in [0.15, 0.2) is 0 Å². The fourth-order valence-corrected chi connectivity index (χ4v) is 2.99. The van der Waals surface area contributed by atoms with E-state index in [0.29, 0.717) is 24.6 Å². The van der Waals surface area contributed by atoms with Crippen molar-refractivity contribution in [3.8, 4) is 5.75 Å². The molecule has 6 nitrogen and oxygen atoms in total. The maximum absolute atomic E-state index is 12.9. The smallest absolute Gasteiger partial charge is 0.417 e. The van der Waals surface area contributed by atoms with Crippen LogP contribution < -0.4 is 15.6 Å². The van der Waals surface area contributed by atoms with Crippen LogP contribution in [0.4, 0.5) is 13.2 Å². The van der Waals surface area contributed by atoms with Crippen LogP contribution in [0.2, 0.25) is 0 Å². The topological polar surface area (TPSA) is 74.4 Å². The quantitative estimate of drug-likeness (QED) is 0.855. The van der Waals surface area contributed by atoms with Crippen molar-refractivity contribution in [2.24, 2.45) is 0 Å². The van der Waals surface area contributed by atoms with Crippen molar-refractivity contribution in [2.45, 2.75) is 12.2 Å². The molecule has 1 aromatic carbocycles. The Hall–Kier alpha value is -2.81. The Balaban J connectivity index is 1.84. The van der Waals surface area contributed by atoms with Crippen LogP contribution in [0.5, 0.6) is 5.75 Å². The molecular weight excluding hydrogens is 363 g/mol. The van der Waals surface area contributed by atoms with Crippen molar-refractivity contribution in [3.05, 3.63) is 63.6 Å². The number of hydrogen-bond donors (Lipinski definition) is 2. The number of hydrogen-bond acceptors (Lipinski definition) is 4. The number of nitrogens with one attached hydrogen (secondary N) is 2. The van der Waals surface area contributed by atoms with Crippen molar-refractivity contribution >= 4 is 5.91 Å². The number of H-pyrrole nitrogens is 1. The number of methoxy groups -OCH3 is 1. The Morgan fingerprint density at radius 3 is 2.78 bits per heavy atom. The van der Waals surface area contributed by atoms with E-state index in [4.69, 9.17) is 4.74 Å². The zero-order valence-electron chi connectivity index (χ0n) is 14.5. The van der Waals surface area contributed by atoms with E-state index < -0.39 is 28.8 Å². The van der Waals surface area contributed by atoms with E-state index in [1.807, 2.05) is 23.2 Å². The summed E-state index contributed by atoms with van der Waals surface area (Å²) in [5.74, 6) is -0.0659. The Labute approximate surface area is 152 Å². The molecule has 0 bridgehead atoms. The summed E-state index contributed by atoms with van der Waals surface area (Å²) in [6.07, 6.45) is -4.08. The first-order valence-corrected chi connectivity index (χ1v) is 8.26. The second kappa shape index (κ2) is 7.43. The highest BCUT2D eigenvalue weighted by Gasteiger charge is 2.33. The highest BCUT2D eigenvalue weighted by Crippen LogP contribution is 2.29. The monoisotopic (exact) mass is 381 g/mol. The minimum Gasteiger partial charge on any atom is -0.497 e. The Morgan fingerprint density at radius 2 is 2.07 bits per heavy atom. The maximum atomic E-state index is 12.9. The van der Waals surface area contributed by atoms with Gasteiger partial charge in [-0.25, -0.2) is 0 Å². The van der Waals surface area contributed by atoms with Crippen LogP contribution in [0, 0.1) is 0 Å². The van der Waals surface area contributed by atoms with Crippen LogP contribution in [0.1, 0.15) is 27.5 Å². The minimum atomic E-state index is -4.65. The average Bonchev–Trinajstić information content (AvgIpc) is 2.67. The van der Waals surface area contributed by atoms with Gasteiger partial charge in [-0.2, -0.15) is 13.2 Å². The minimum absolute atomic E-state index is 0.220. The molecule has 1 atom stereocenters. The zero-order chi connectivity index (χ0) is 19.6. The van der Waals surface area contributed by atoms with Crippen molar-refractivity contribution in [1.29, 1.82) is 0 Å². The van der Waals surface area contributed by atoms with E-state index in [2.05, 4.69) is 5.32 Å². The van der Waals surface area contributed by atoms with Crippen LogP contribution in [-0.4, -0.2) is 42.5 Å². The largest absolute Gasteiger partial charge is 0.497 e. The summed E-state index contributed by atoms with van der Waals surface area (Å²) in [6, 6.07) is 7.67. The number of halogens is 3. The molecule has 1 aliphatic rings. The first kappa shape index (κ1) is 19.0. The fraction of sp³-hybridized carbons (Fsp3) is 0.333. The Bertz CT molecular complexity index is 895. The predicted molar refractivity (Wildman–Crippen MR) is 91.7 cm³/mol. The van der Waals surface area contributed by atoms with Crippen molar-refractivity contribution in [3.63, 3.8) is 0 Å². The summed E-state index contributed by atoms with van der Waals surface area (Å²) in [4.78, 5) is 28.0. The van der Waals surface area contributed by atoms with Crippen LogP contribution in [0.3, 0.4) is 0 Å². The van der Waals surface area contributed by atoms with Gasteiger partial charge in [-0.3, -0.25) is 9.59 Å². The molecule has 0 radical (unpaired) electrons.